The third-order valence-corrected chi connectivity index (χ3v) is 5.49. The molecule has 0 fully saturated rings. The van der Waals surface area contributed by atoms with Gasteiger partial charge in [0, 0.05) is 26.1 Å². The lowest BCUT2D eigenvalue weighted by Gasteiger charge is -2.28. The number of alkyl halides is 3. The van der Waals surface area contributed by atoms with Crippen LogP contribution >= 0.6 is 11.6 Å². The van der Waals surface area contributed by atoms with Gasteiger partial charge in [0.2, 0.25) is 15.9 Å². The molecule has 0 aliphatic carbocycles. The highest BCUT2D eigenvalue weighted by Gasteiger charge is 2.34. The van der Waals surface area contributed by atoms with Crippen LogP contribution in [-0.2, 0) is 21.0 Å². The maximum atomic E-state index is 12.9. The van der Waals surface area contributed by atoms with Crippen molar-refractivity contribution in [2.24, 2.45) is 5.41 Å². The number of hydrogen-bond acceptors (Lipinski definition) is 4. The summed E-state index contributed by atoms with van der Waals surface area (Å²) in [5.41, 5.74) is -1.41. The van der Waals surface area contributed by atoms with Gasteiger partial charge >= 0.3 is 6.18 Å². The molecule has 0 spiro atoms. The van der Waals surface area contributed by atoms with Gasteiger partial charge in [-0.05, 0) is 37.7 Å². The summed E-state index contributed by atoms with van der Waals surface area (Å²) < 4.78 is 65.1. The highest BCUT2D eigenvalue weighted by atomic mass is 35.5. The number of hydrogen-bond donors (Lipinski definition) is 2. The number of halogens is 4. The summed E-state index contributed by atoms with van der Waals surface area (Å²) in [5.74, 6) is -0.360. The predicted molar refractivity (Wildman–Crippen MR) is 102 cm³/mol. The average Bonchev–Trinajstić information content (AvgIpc) is 2.50. The Morgan fingerprint density at radius 2 is 1.82 bits per heavy atom. The largest absolute Gasteiger partial charge is 0.417 e. The number of nitrogens with one attached hydrogen (secondary N) is 2. The van der Waals surface area contributed by atoms with Crippen LogP contribution in [0.25, 0.3) is 0 Å². The molecule has 0 radical (unpaired) electrons. The number of nitrogens with zero attached hydrogens (tertiary/aromatic N) is 1. The monoisotopic (exact) mass is 443 g/mol. The smallest absolute Gasteiger partial charge is 0.355 e. The minimum absolute atomic E-state index is 0.142. The van der Waals surface area contributed by atoms with Gasteiger partial charge in [-0.1, -0.05) is 25.4 Å². The molecule has 0 heterocycles. The van der Waals surface area contributed by atoms with Gasteiger partial charge < -0.3 is 10.2 Å². The summed E-state index contributed by atoms with van der Waals surface area (Å²) in [5, 5.41) is 2.13. The first-order chi connectivity index (χ1) is 12.6. The van der Waals surface area contributed by atoms with Crippen molar-refractivity contribution in [3.8, 4) is 0 Å². The second kappa shape index (κ2) is 9.43. The molecule has 1 rings (SSSR count). The fourth-order valence-corrected chi connectivity index (χ4v) is 3.89. The fourth-order valence-electron chi connectivity index (χ4n) is 2.61. The van der Waals surface area contributed by atoms with Crippen LogP contribution in [0.2, 0.25) is 5.02 Å². The van der Waals surface area contributed by atoms with Crippen molar-refractivity contribution in [2.45, 2.75) is 31.3 Å². The summed E-state index contributed by atoms with van der Waals surface area (Å²) in [6, 6.07) is 2.32. The number of benzene rings is 1. The minimum Gasteiger partial charge on any atom is -0.355 e. The topological polar surface area (TPSA) is 78.5 Å². The molecule has 0 saturated carbocycles. The molecule has 1 aromatic rings. The average molecular weight is 444 g/mol. The Morgan fingerprint density at radius 3 is 2.36 bits per heavy atom. The minimum atomic E-state index is -4.78. The second-order valence-electron chi connectivity index (χ2n) is 7.47. The lowest BCUT2D eigenvalue weighted by Crippen LogP contribution is -2.40. The molecule has 0 bridgehead atoms. The normalized spacial score (nSPS) is 13.0. The molecular formula is C17H25ClF3N3O3S. The number of carbonyl (C=O) groups excluding carboxylic acids is 1. The third-order valence-electron chi connectivity index (χ3n) is 3.71. The van der Waals surface area contributed by atoms with Gasteiger partial charge in [-0.25, -0.2) is 13.1 Å². The van der Waals surface area contributed by atoms with E-state index in [4.69, 9.17) is 11.6 Å². The molecule has 0 atom stereocenters. The van der Waals surface area contributed by atoms with Crippen molar-refractivity contribution in [1.29, 1.82) is 0 Å². The van der Waals surface area contributed by atoms with Crippen LogP contribution in [0.4, 0.5) is 13.2 Å². The van der Waals surface area contributed by atoms with E-state index < -0.39 is 31.7 Å². The SMILES string of the molecule is CN(C)CC(C)(C)CNC(=O)CCNS(=O)(=O)c1ccc(Cl)c(C(F)(F)F)c1. The summed E-state index contributed by atoms with van der Waals surface area (Å²) in [6.45, 7) is 4.87. The fraction of sp³-hybridized carbons (Fsp3) is 0.588. The van der Waals surface area contributed by atoms with Crippen LogP contribution in [0, 0.1) is 5.41 Å². The number of sulfonamides is 1. The van der Waals surface area contributed by atoms with E-state index in [1.54, 1.807) is 0 Å². The number of rotatable bonds is 9. The predicted octanol–water partition coefficient (Wildman–Crippen LogP) is 2.73. The van der Waals surface area contributed by atoms with Crippen LogP contribution in [0.3, 0.4) is 0 Å². The molecule has 0 aromatic heterocycles. The maximum Gasteiger partial charge on any atom is 0.417 e. The summed E-state index contributed by atoms with van der Waals surface area (Å²) >= 11 is 5.49. The van der Waals surface area contributed by atoms with E-state index >= 15 is 0 Å². The van der Waals surface area contributed by atoms with Crippen molar-refractivity contribution >= 4 is 27.5 Å². The molecule has 0 aliphatic rings. The molecule has 28 heavy (non-hydrogen) atoms. The molecule has 2 N–H and O–H groups in total. The van der Waals surface area contributed by atoms with Crippen molar-refractivity contribution in [2.75, 3.05) is 33.7 Å². The quantitative estimate of drug-likeness (QED) is 0.615. The highest BCUT2D eigenvalue weighted by Crippen LogP contribution is 2.35. The Balaban J connectivity index is 2.64. The van der Waals surface area contributed by atoms with Gasteiger partial charge in [0.15, 0.2) is 0 Å². The highest BCUT2D eigenvalue weighted by molar-refractivity contribution is 7.89. The zero-order valence-corrected chi connectivity index (χ0v) is 17.7. The third kappa shape index (κ3) is 7.94. The summed E-state index contributed by atoms with van der Waals surface area (Å²) in [7, 11) is -0.378. The lowest BCUT2D eigenvalue weighted by atomic mass is 9.93. The van der Waals surface area contributed by atoms with E-state index in [1.807, 2.05) is 32.8 Å². The Hall–Kier alpha value is -1.36. The first-order valence-corrected chi connectivity index (χ1v) is 10.3. The van der Waals surface area contributed by atoms with Crippen molar-refractivity contribution in [3.05, 3.63) is 28.8 Å². The Bertz CT molecular complexity index is 797. The van der Waals surface area contributed by atoms with E-state index in [0.29, 0.717) is 12.6 Å². The van der Waals surface area contributed by atoms with Gasteiger partial charge in [0.25, 0.3) is 0 Å². The summed E-state index contributed by atoms with van der Waals surface area (Å²) in [6.07, 6.45) is -4.92. The molecule has 160 valence electrons. The molecule has 6 nitrogen and oxygen atoms in total. The molecule has 1 aromatic carbocycles. The van der Waals surface area contributed by atoms with Gasteiger partial charge in [-0.3, -0.25) is 4.79 Å². The van der Waals surface area contributed by atoms with Gasteiger partial charge in [0.1, 0.15) is 0 Å². The van der Waals surface area contributed by atoms with Crippen molar-refractivity contribution in [3.63, 3.8) is 0 Å². The molecule has 11 heteroatoms. The zero-order valence-electron chi connectivity index (χ0n) is 16.2. The van der Waals surface area contributed by atoms with Gasteiger partial charge in [0.05, 0.1) is 15.5 Å². The van der Waals surface area contributed by atoms with Crippen molar-refractivity contribution < 1.29 is 26.4 Å². The van der Waals surface area contributed by atoms with E-state index in [9.17, 15) is 26.4 Å². The van der Waals surface area contributed by atoms with Crippen molar-refractivity contribution in [1.82, 2.24) is 14.9 Å². The van der Waals surface area contributed by atoms with Crippen LogP contribution in [0.5, 0.6) is 0 Å². The number of amides is 1. The Labute approximate surface area is 168 Å². The van der Waals surface area contributed by atoms with E-state index in [2.05, 4.69) is 10.0 Å². The van der Waals surface area contributed by atoms with Crippen LogP contribution in [-0.4, -0.2) is 53.0 Å². The van der Waals surface area contributed by atoms with E-state index in [0.717, 1.165) is 18.7 Å². The first-order valence-electron chi connectivity index (χ1n) is 8.42. The summed E-state index contributed by atoms with van der Waals surface area (Å²) in [4.78, 5) is 13.3. The Morgan fingerprint density at radius 1 is 1.21 bits per heavy atom. The van der Waals surface area contributed by atoms with Crippen LogP contribution < -0.4 is 10.0 Å². The number of carbonyl (C=O) groups is 1. The second-order valence-corrected chi connectivity index (χ2v) is 9.64. The van der Waals surface area contributed by atoms with Crippen LogP contribution in [0.15, 0.2) is 23.1 Å². The van der Waals surface area contributed by atoms with Gasteiger partial charge in [-0.15, -0.1) is 0 Å². The Kier molecular flexibility index (Phi) is 8.31. The molecule has 1 amide bonds. The molecular weight excluding hydrogens is 419 g/mol. The molecule has 0 aliphatic heterocycles. The standard InChI is InChI=1S/C17H25ClF3N3O3S/c1-16(2,11-24(3)4)10-22-15(25)7-8-23-28(26,27)12-5-6-14(18)13(9-12)17(19,20)21/h5-6,9,23H,7-8,10-11H2,1-4H3,(H,22,25). The maximum absolute atomic E-state index is 12.9. The first kappa shape index (κ1) is 24.7. The van der Waals surface area contributed by atoms with Crippen LogP contribution in [0.1, 0.15) is 25.8 Å². The molecule has 0 unspecified atom stereocenters. The zero-order chi connectivity index (χ0) is 21.8. The lowest BCUT2D eigenvalue weighted by molar-refractivity contribution is -0.137. The van der Waals surface area contributed by atoms with Gasteiger partial charge in [-0.2, -0.15) is 13.2 Å². The van der Waals surface area contributed by atoms with E-state index in [1.165, 1.54) is 0 Å². The van der Waals surface area contributed by atoms with E-state index in [-0.39, 0.29) is 24.3 Å². The molecule has 0 saturated heterocycles.